The SMILES string of the molecule is COC(=O)CCN(C)S(=O)(=O)Nc1cccc(Cl)c1C. The second kappa shape index (κ2) is 6.92. The van der Waals surface area contributed by atoms with Crippen molar-refractivity contribution in [3.8, 4) is 0 Å². The van der Waals surface area contributed by atoms with E-state index in [2.05, 4.69) is 9.46 Å². The predicted octanol–water partition coefficient (Wildman–Crippen LogP) is 1.80. The van der Waals surface area contributed by atoms with Crippen molar-refractivity contribution in [1.82, 2.24) is 4.31 Å². The van der Waals surface area contributed by atoms with Gasteiger partial charge in [0.25, 0.3) is 0 Å². The lowest BCUT2D eigenvalue weighted by Gasteiger charge is -2.19. The molecule has 6 nitrogen and oxygen atoms in total. The smallest absolute Gasteiger partial charge is 0.306 e. The van der Waals surface area contributed by atoms with Crippen molar-refractivity contribution in [1.29, 1.82) is 0 Å². The molecule has 112 valence electrons. The number of benzene rings is 1. The lowest BCUT2D eigenvalue weighted by molar-refractivity contribution is -0.140. The van der Waals surface area contributed by atoms with Crippen LogP contribution in [0.5, 0.6) is 0 Å². The second-order valence-corrected chi connectivity index (χ2v) is 6.35. The van der Waals surface area contributed by atoms with Crippen molar-refractivity contribution in [2.45, 2.75) is 13.3 Å². The summed E-state index contributed by atoms with van der Waals surface area (Å²) in [5.74, 6) is -0.467. The molecule has 0 fully saturated rings. The number of hydrogen-bond donors (Lipinski definition) is 1. The highest BCUT2D eigenvalue weighted by Crippen LogP contribution is 2.24. The Hall–Kier alpha value is -1.31. The van der Waals surface area contributed by atoms with Crippen LogP contribution in [0.3, 0.4) is 0 Å². The van der Waals surface area contributed by atoms with Crippen molar-refractivity contribution in [3.05, 3.63) is 28.8 Å². The Kier molecular flexibility index (Phi) is 5.79. The van der Waals surface area contributed by atoms with Crippen LogP contribution >= 0.6 is 11.6 Å². The van der Waals surface area contributed by atoms with Gasteiger partial charge in [-0.3, -0.25) is 9.52 Å². The standard InChI is InChI=1S/C12H17ClN2O4S/c1-9-10(13)5-4-6-11(9)14-20(17,18)15(2)8-7-12(16)19-3/h4-6,14H,7-8H2,1-3H3. The van der Waals surface area contributed by atoms with Crippen LogP contribution in [0.1, 0.15) is 12.0 Å². The van der Waals surface area contributed by atoms with E-state index in [1.165, 1.54) is 14.2 Å². The van der Waals surface area contributed by atoms with Crippen molar-refractivity contribution in [2.24, 2.45) is 0 Å². The van der Waals surface area contributed by atoms with Crippen LogP contribution in [0.25, 0.3) is 0 Å². The summed E-state index contributed by atoms with van der Waals surface area (Å²) in [5.41, 5.74) is 1.04. The zero-order chi connectivity index (χ0) is 15.3. The number of halogens is 1. The van der Waals surface area contributed by atoms with Gasteiger partial charge in [-0.05, 0) is 24.6 Å². The molecular weight excluding hydrogens is 304 g/mol. The fourth-order valence-corrected chi connectivity index (χ4v) is 2.57. The summed E-state index contributed by atoms with van der Waals surface area (Å²) in [7, 11) is -1.11. The number of esters is 1. The molecule has 1 aromatic carbocycles. The van der Waals surface area contributed by atoms with Crippen LogP contribution < -0.4 is 4.72 Å². The summed E-state index contributed by atoms with van der Waals surface area (Å²) in [4.78, 5) is 11.0. The molecule has 0 radical (unpaired) electrons. The van der Waals surface area contributed by atoms with E-state index < -0.39 is 16.2 Å². The minimum absolute atomic E-state index is 0.0115. The molecule has 0 unspecified atom stereocenters. The molecule has 0 bridgehead atoms. The zero-order valence-corrected chi connectivity index (χ0v) is 13.1. The first-order valence-corrected chi connectivity index (χ1v) is 7.65. The Bertz CT molecular complexity index is 589. The topological polar surface area (TPSA) is 75.7 Å². The molecule has 20 heavy (non-hydrogen) atoms. The highest BCUT2D eigenvalue weighted by molar-refractivity contribution is 7.90. The second-order valence-electron chi connectivity index (χ2n) is 4.17. The lowest BCUT2D eigenvalue weighted by Crippen LogP contribution is -2.34. The minimum Gasteiger partial charge on any atom is -0.469 e. The number of ether oxygens (including phenoxy) is 1. The molecular formula is C12H17ClN2O4S. The molecule has 0 spiro atoms. The van der Waals surface area contributed by atoms with Gasteiger partial charge in [0.05, 0.1) is 19.2 Å². The van der Waals surface area contributed by atoms with E-state index in [-0.39, 0.29) is 13.0 Å². The van der Waals surface area contributed by atoms with Gasteiger partial charge in [0.15, 0.2) is 0 Å². The summed E-state index contributed by atoms with van der Waals surface area (Å²) in [6, 6.07) is 4.95. The molecule has 1 N–H and O–H groups in total. The Labute approximate surface area is 123 Å². The summed E-state index contributed by atoms with van der Waals surface area (Å²) < 4.78 is 32.1. The van der Waals surface area contributed by atoms with Gasteiger partial charge in [-0.1, -0.05) is 17.7 Å². The summed E-state index contributed by atoms with van der Waals surface area (Å²) in [6.45, 7) is 1.75. The molecule has 1 rings (SSSR count). The van der Waals surface area contributed by atoms with E-state index in [0.717, 1.165) is 4.31 Å². The average Bonchev–Trinajstić information content (AvgIpc) is 2.40. The number of anilines is 1. The average molecular weight is 321 g/mol. The van der Waals surface area contributed by atoms with E-state index in [1.807, 2.05) is 0 Å². The van der Waals surface area contributed by atoms with Gasteiger partial charge in [-0.2, -0.15) is 12.7 Å². The number of nitrogens with one attached hydrogen (secondary N) is 1. The van der Waals surface area contributed by atoms with Crippen LogP contribution in [-0.4, -0.2) is 39.4 Å². The van der Waals surface area contributed by atoms with Gasteiger partial charge in [0, 0.05) is 18.6 Å². The van der Waals surface area contributed by atoms with Crippen molar-refractivity contribution in [3.63, 3.8) is 0 Å². The van der Waals surface area contributed by atoms with Crippen LogP contribution in [0.4, 0.5) is 5.69 Å². The minimum atomic E-state index is -3.74. The molecule has 8 heteroatoms. The highest BCUT2D eigenvalue weighted by Gasteiger charge is 2.19. The van der Waals surface area contributed by atoms with Crippen LogP contribution in [0.2, 0.25) is 5.02 Å². The Balaban J connectivity index is 2.79. The highest BCUT2D eigenvalue weighted by atomic mass is 35.5. The molecule has 0 heterocycles. The van der Waals surface area contributed by atoms with Gasteiger partial charge < -0.3 is 4.74 Å². The maximum absolute atomic E-state index is 12.1. The molecule has 0 saturated carbocycles. The Morgan fingerprint density at radius 1 is 1.45 bits per heavy atom. The fourth-order valence-electron chi connectivity index (χ4n) is 1.41. The predicted molar refractivity (Wildman–Crippen MR) is 78.0 cm³/mol. The molecule has 0 aliphatic rings. The number of nitrogens with zero attached hydrogens (tertiary/aromatic N) is 1. The molecule has 0 aliphatic heterocycles. The molecule has 0 atom stereocenters. The molecule has 0 aliphatic carbocycles. The van der Waals surface area contributed by atoms with Crippen molar-refractivity contribution < 1.29 is 17.9 Å². The maximum atomic E-state index is 12.1. The number of methoxy groups -OCH3 is 1. The first-order chi connectivity index (χ1) is 9.27. The third kappa shape index (κ3) is 4.36. The Morgan fingerprint density at radius 3 is 2.70 bits per heavy atom. The van der Waals surface area contributed by atoms with Crippen LogP contribution in [0, 0.1) is 6.92 Å². The monoisotopic (exact) mass is 320 g/mol. The lowest BCUT2D eigenvalue weighted by atomic mass is 10.2. The van der Waals surface area contributed by atoms with E-state index in [9.17, 15) is 13.2 Å². The van der Waals surface area contributed by atoms with Crippen molar-refractivity contribution >= 4 is 33.5 Å². The van der Waals surface area contributed by atoms with Gasteiger partial charge >= 0.3 is 16.2 Å². The largest absolute Gasteiger partial charge is 0.469 e. The third-order valence-corrected chi connectivity index (χ3v) is 4.67. The fraction of sp³-hybridized carbons (Fsp3) is 0.417. The van der Waals surface area contributed by atoms with E-state index >= 15 is 0 Å². The normalized spacial score (nSPS) is 11.4. The van der Waals surface area contributed by atoms with Gasteiger partial charge in [0.2, 0.25) is 0 Å². The third-order valence-electron chi connectivity index (χ3n) is 2.78. The summed E-state index contributed by atoms with van der Waals surface area (Å²) in [5, 5.41) is 0.474. The van der Waals surface area contributed by atoms with Gasteiger partial charge in [-0.15, -0.1) is 0 Å². The summed E-state index contributed by atoms with van der Waals surface area (Å²) >= 11 is 5.93. The maximum Gasteiger partial charge on any atom is 0.306 e. The molecule has 1 aromatic rings. The number of hydrogen-bond acceptors (Lipinski definition) is 4. The first-order valence-electron chi connectivity index (χ1n) is 5.84. The summed E-state index contributed by atoms with van der Waals surface area (Å²) in [6.07, 6.45) is -0.0115. The molecule has 0 amide bonds. The van der Waals surface area contributed by atoms with Gasteiger partial charge in [0.1, 0.15) is 0 Å². The zero-order valence-electron chi connectivity index (χ0n) is 11.5. The number of carbonyl (C=O) groups is 1. The Morgan fingerprint density at radius 2 is 2.10 bits per heavy atom. The van der Waals surface area contributed by atoms with E-state index in [4.69, 9.17) is 11.6 Å². The first kappa shape index (κ1) is 16.7. The number of rotatable bonds is 6. The van der Waals surface area contributed by atoms with Crippen molar-refractivity contribution in [2.75, 3.05) is 25.4 Å². The van der Waals surface area contributed by atoms with E-state index in [1.54, 1.807) is 25.1 Å². The quantitative estimate of drug-likeness (QED) is 0.811. The van der Waals surface area contributed by atoms with Gasteiger partial charge in [-0.25, -0.2) is 0 Å². The van der Waals surface area contributed by atoms with Crippen LogP contribution in [0.15, 0.2) is 18.2 Å². The number of carbonyl (C=O) groups excluding carboxylic acids is 1. The molecule has 0 saturated heterocycles. The van der Waals surface area contributed by atoms with Crippen LogP contribution in [-0.2, 0) is 19.7 Å². The van der Waals surface area contributed by atoms with E-state index in [0.29, 0.717) is 16.3 Å². The molecule has 0 aromatic heterocycles.